The third-order valence-corrected chi connectivity index (χ3v) is 4.16. The van der Waals surface area contributed by atoms with E-state index < -0.39 is 0 Å². The monoisotopic (exact) mass is 340 g/mol. The molecule has 0 saturated carbocycles. The molecule has 0 aliphatic carbocycles. The molecule has 5 nitrogen and oxygen atoms in total. The molecule has 5 heteroatoms. The van der Waals surface area contributed by atoms with Crippen molar-refractivity contribution in [2.45, 2.75) is 32.7 Å². The van der Waals surface area contributed by atoms with Crippen molar-refractivity contribution in [3.8, 4) is 11.5 Å². The van der Waals surface area contributed by atoms with Crippen LogP contribution in [0.4, 0.5) is 11.4 Å². The van der Waals surface area contributed by atoms with Gasteiger partial charge < -0.3 is 20.1 Å². The van der Waals surface area contributed by atoms with Crippen molar-refractivity contribution < 1.29 is 14.3 Å². The summed E-state index contributed by atoms with van der Waals surface area (Å²) in [5.74, 6) is 1.75. The normalized spacial score (nSPS) is 14.1. The first kappa shape index (κ1) is 17.1. The zero-order chi connectivity index (χ0) is 17.8. The number of rotatable bonds is 5. The van der Waals surface area contributed by atoms with Crippen molar-refractivity contribution in [2.75, 3.05) is 23.8 Å². The van der Waals surface area contributed by atoms with Gasteiger partial charge in [-0.2, -0.15) is 0 Å². The lowest BCUT2D eigenvalue weighted by Crippen LogP contribution is -2.31. The number of benzene rings is 2. The van der Waals surface area contributed by atoms with E-state index >= 15 is 0 Å². The van der Waals surface area contributed by atoms with Gasteiger partial charge in [0.25, 0.3) is 0 Å². The van der Waals surface area contributed by atoms with E-state index in [1.807, 2.05) is 31.2 Å². The fourth-order valence-electron chi connectivity index (χ4n) is 2.65. The molecule has 0 spiro atoms. The first-order chi connectivity index (χ1) is 12.0. The van der Waals surface area contributed by atoms with Crippen LogP contribution < -0.4 is 20.1 Å². The molecule has 1 atom stereocenters. The Morgan fingerprint density at radius 1 is 0.920 bits per heavy atom. The van der Waals surface area contributed by atoms with Crippen molar-refractivity contribution in [3.63, 3.8) is 0 Å². The molecule has 0 aromatic heterocycles. The van der Waals surface area contributed by atoms with Crippen LogP contribution in [0.25, 0.3) is 0 Å². The maximum atomic E-state index is 12.4. The fraction of sp³-hybridized carbons (Fsp3) is 0.350. The molecular weight excluding hydrogens is 316 g/mol. The Morgan fingerprint density at radius 2 is 1.56 bits per heavy atom. The first-order valence-electron chi connectivity index (χ1n) is 8.60. The van der Waals surface area contributed by atoms with Crippen LogP contribution in [0.1, 0.15) is 32.3 Å². The summed E-state index contributed by atoms with van der Waals surface area (Å²) < 4.78 is 11.0. The Bertz CT molecular complexity index is 741. The molecule has 0 radical (unpaired) electrons. The minimum absolute atomic E-state index is 0.107. The molecular formula is C20H24N2O3. The highest BCUT2D eigenvalue weighted by Gasteiger charge is 2.16. The Morgan fingerprint density at radius 3 is 2.24 bits per heavy atom. The molecule has 0 fully saturated rings. The predicted octanol–water partition coefficient (Wildman–Crippen LogP) is 4.02. The molecule has 2 N–H and O–H groups in total. The molecule has 0 bridgehead atoms. The van der Waals surface area contributed by atoms with E-state index in [1.165, 1.54) is 5.56 Å². The van der Waals surface area contributed by atoms with Gasteiger partial charge in [-0.25, -0.2) is 0 Å². The van der Waals surface area contributed by atoms with Gasteiger partial charge >= 0.3 is 0 Å². The average Bonchev–Trinajstić information content (AvgIpc) is 2.62. The van der Waals surface area contributed by atoms with Crippen LogP contribution in [0.15, 0.2) is 42.5 Å². The second-order valence-electron chi connectivity index (χ2n) is 6.49. The third kappa shape index (κ3) is 4.24. The minimum atomic E-state index is -0.363. The number of nitrogens with one attached hydrogen (secondary N) is 2. The van der Waals surface area contributed by atoms with Crippen molar-refractivity contribution in [1.29, 1.82) is 0 Å². The van der Waals surface area contributed by atoms with E-state index in [1.54, 1.807) is 6.07 Å². The van der Waals surface area contributed by atoms with Crippen molar-refractivity contribution in [3.05, 3.63) is 48.0 Å². The summed E-state index contributed by atoms with van der Waals surface area (Å²) in [4.78, 5) is 12.4. The van der Waals surface area contributed by atoms with Gasteiger partial charge in [-0.1, -0.05) is 26.0 Å². The summed E-state index contributed by atoms with van der Waals surface area (Å²) in [6.07, 6.45) is 0. The van der Waals surface area contributed by atoms with Crippen molar-refractivity contribution in [2.24, 2.45) is 0 Å². The molecule has 2 aromatic carbocycles. The summed E-state index contributed by atoms with van der Waals surface area (Å²) in [6, 6.07) is 13.2. The molecule has 1 heterocycles. The van der Waals surface area contributed by atoms with Gasteiger partial charge in [-0.3, -0.25) is 4.79 Å². The Kier molecular flexibility index (Phi) is 5.12. The lowest BCUT2D eigenvalue weighted by atomic mass is 10.0. The molecule has 25 heavy (non-hydrogen) atoms. The Balaban J connectivity index is 1.60. The molecule has 3 rings (SSSR count). The van der Waals surface area contributed by atoms with Crippen molar-refractivity contribution in [1.82, 2.24) is 0 Å². The summed E-state index contributed by atoms with van der Waals surface area (Å²) in [7, 11) is 0. The van der Waals surface area contributed by atoms with Gasteiger partial charge in [0.05, 0.1) is 0 Å². The number of hydrogen-bond acceptors (Lipinski definition) is 4. The molecule has 1 aliphatic rings. The Labute approximate surface area is 148 Å². The predicted molar refractivity (Wildman–Crippen MR) is 99.7 cm³/mol. The topological polar surface area (TPSA) is 59.6 Å². The lowest BCUT2D eigenvalue weighted by Gasteiger charge is -2.20. The lowest BCUT2D eigenvalue weighted by molar-refractivity contribution is -0.116. The van der Waals surface area contributed by atoms with E-state index in [2.05, 4.69) is 36.6 Å². The molecule has 132 valence electrons. The van der Waals surface area contributed by atoms with Crippen LogP contribution in [0.3, 0.4) is 0 Å². The smallest absolute Gasteiger partial charge is 0.246 e. The largest absolute Gasteiger partial charge is 0.486 e. The summed E-state index contributed by atoms with van der Waals surface area (Å²) >= 11 is 0. The van der Waals surface area contributed by atoms with Gasteiger partial charge in [-0.05, 0) is 42.7 Å². The number of carbonyl (C=O) groups is 1. The molecule has 1 aliphatic heterocycles. The number of carbonyl (C=O) groups excluding carboxylic acids is 1. The first-order valence-corrected chi connectivity index (χ1v) is 8.60. The van der Waals surface area contributed by atoms with E-state index in [0.717, 1.165) is 5.69 Å². The zero-order valence-corrected chi connectivity index (χ0v) is 14.8. The SMILES string of the molecule is CC(C)c1ccc(N[C@@H](C)C(=O)Nc2ccc3c(c2)OCCO3)cc1. The van der Waals surface area contributed by atoms with Crippen LogP contribution in [0.2, 0.25) is 0 Å². The second kappa shape index (κ2) is 7.47. The van der Waals surface area contributed by atoms with E-state index in [9.17, 15) is 4.79 Å². The number of hydrogen-bond donors (Lipinski definition) is 2. The maximum absolute atomic E-state index is 12.4. The number of fused-ring (bicyclic) bond motifs is 1. The van der Waals surface area contributed by atoms with Gasteiger partial charge in [0.1, 0.15) is 19.3 Å². The Hall–Kier alpha value is -2.69. The van der Waals surface area contributed by atoms with Crippen LogP contribution >= 0.6 is 0 Å². The number of anilines is 2. The van der Waals surface area contributed by atoms with Crippen LogP contribution in [0.5, 0.6) is 11.5 Å². The van der Waals surface area contributed by atoms with E-state index in [-0.39, 0.29) is 11.9 Å². The summed E-state index contributed by atoms with van der Waals surface area (Å²) in [6.45, 7) is 7.23. The van der Waals surface area contributed by atoms with Gasteiger partial charge in [0.2, 0.25) is 5.91 Å². The van der Waals surface area contributed by atoms with E-state index in [0.29, 0.717) is 36.3 Å². The number of ether oxygens (including phenoxy) is 2. The number of amides is 1. The molecule has 0 saturated heterocycles. The van der Waals surface area contributed by atoms with Gasteiger partial charge in [0, 0.05) is 17.4 Å². The highest BCUT2D eigenvalue weighted by Crippen LogP contribution is 2.32. The van der Waals surface area contributed by atoms with Crippen molar-refractivity contribution >= 4 is 17.3 Å². The van der Waals surface area contributed by atoms with Gasteiger partial charge in [-0.15, -0.1) is 0 Å². The summed E-state index contributed by atoms with van der Waals surface area (Å²) in [5.41, 5.74) is 2.89. The highest BCUT2D eigenvalue weighted by atomic mass is 16.6. The third-order valence-electron chi connectivity index (χ3n) is 4.16. The fourth-order valence-corrected chi connectivity index (χ4v) is 2.65. The molecule has 2 aromatic rings. The van der Waals surface area contributed by atoms with Crippen LogP contribution in [0, 0.1) is 0 Å². The zero-order valence-electron chi connectivity index (χ0n) is 14.8. The van der Waals surface area contributed by atoms with E-state index in [4.69, 9.17) is 9.47 Å². The quantitative estimate of drug-likeness (QED) is 0.863. The summed E-state index contributed by atoms with van der Waals surface area (Å²) in [5, 5.41) is 6.13. The average molecular weight is 340 g/mol. The van der Waals surface area contributed by atoms with Gasteiger partial charge in [0.15, 0.2) is 11.5 Å². The minimum Gasteiger partial charge on any atom is -0.486 e. The molecule has 0 unspecified atom stereocenters. The standard InChI is InChI=1S/C20H24N2O3/c1-13(2)15-4-6-16(7-5-15)21-14(3)20(23)22-17-8-9-18-19(12-17)25-11-10-24-18/h4-9,12-14,21H,10-11H2,1-3H3,(H,22,23)/t14-/m0/s1. The highest BCUT2D eigenvalue weighted by molar-refractivity contribution is 5.96. The second-order valence-corrected chi connectivity index (χ2v) is 6.49. The molecule has 1 amide bonds. The maximum Gasteiger partial charge on any atom is 0.246 e. The van der Waals surface area contributed by atoms with Crippen LogP contribution in [-0.4, -0.2) is 25.2 Å². The van der Waals surface area contributed by atoms with Crippen LogP contribution in [-0.2, 0) is 4.79 Å².